The second-order valence-corrected chi connectivity index (χ2v) is 6.31. The van der Waals surface area contributed by atoms with E-state index in [0.29, 0.717) is 24.5 Å². The van der Waals surface area contributed by atoms with Gasteiger partial charge in [0, 0.05) is 12.1 Å². The Balaban J connectivity index is 1.97. The molecule has 1 saturated heterocycles. The molecule has 0 bridgehead atoms. The fraction of sp³-hybridized carbons (Fsp3) is 0.556. The fourth-order valence-corrected chi connectivity index (χ4v) is 3.25. The summed E-state index contributed by atoms with van der Waals surface area (Å²) in [4.78, 5) is 7.94. The highest BCUT2D eigenvalue weighted by molar-refractivity contribution is 7.91. The van der Waals surface area contributed by atoms with E-state index in [-0.39, 0.29) is 17.5 Å². The molecule has 17 heavy (non-hydrogen) atoms. The van der Waals surface area contributed by atoms with Crippen LogP contribution in [0.5, 0.6) is 0 Å². The molecule has 0 amide bonds. The van der Waals surface area contributed by atoms with Crippen LogP contribution >= 0.6 is 0 Å². The highest BCUT2D eigenvalue weighted by Gasteiger charge is 2.23. The third-order valence-electron chi connectivity index (χ3n) is 2.72. The van der Waals surface area contributed by atoms with E-state index in [1.54, 1.807) is 6.07 Å². The molecular weight excluding hydrogens is 242 g/mol. The van der Waals surface area contributed by atoms with Gasteiger partial charge in [0.05, 0.1) is 11.5 Å². The quantitative estimate of drug-likeness (QED) is 0.506. The zero-order valence-corrected chi connectivity index (χ0v) is 10.1. The van der Waals surface area contributed by atoms with Gasteiger partial charge in [0.2, 0.25) is 0 Å². The number of anilines is 2. The fourth-order valence-electron chi connectivity index (χ4n) is 1.76. The Morgan fingerprint density at radius 1 is 1.24 bits per heavy atom. The third kappa shape index (κ3) is 3.27. The predicted octanol–water partition coefficient (Wildman–Crippen LogP) is -0.249. The van der Waals surface area contributed by atoms with Crippen LogP contribution in [-0.4, -0.2) is 35.9 Å². The van der Waals surface area contributed by atoms with Crippen LogP contribution in [0, 0.1) is 0 Å². The summed E-state index contributed by atoms with van der Waals surface area (Å²) in [5.41, 5.74) is 2.43. The number of hydrogen-bond donors (Lipinski definition) is 3. The molecule has 1 aromatic heterocycles. The lowest BCUT2D eigenvalue weighted by Crippen LogP contribution is -2.32. The predicted molar refractivity (Wildman–Crippen MR) is 65.1 cm³/mol. The topological polar surface area (TPSA) is 110 Å². The lowest BCUT2D eigenvalue weighted by Gasteiger charge is -2.23. The van der Waals surface area contributed by atoms with Crippen LogP contribution < -0.4 is 16.6 Å². The highest BCUT2D eigenvalue weighted by atomic mass is 32.2. The van der Waals surface area contributed by atoms with E-state index in [9.17, 15) is 8.42 Å². The van der Waals surface area contributed by atoms with E-state index in [1.807, 2.05) is 0 Å². The number of hydrazine groups is 1. The molecule has 0 aliphatic carbocycles. The van der Waals surface area contributed by atoms with Crippen molar-refractivity contribution in [2.24, 2.45) is 5.84 Å². The normalized spacial score (nSPS) is 19.8. The van der Waals surface area contributed by atoms with Gasteiger partial charge < -0.3 is 10.7 Å². The maximum Gasteiger partial charge on any atom is 0.150 e. The number of sulfone groups is 1. The smallest absolute Gasteiger partial charge is 0.150 e. The van der Waals surface area contributed by atoms with Crippen molar-refractivity contribution in [2.45, 2.75) is 18.9 Å². The molecule has 2 heterocycles. The van der Waals surface area contributed by atoms with Gasteiger partial charge in [0.1, 0.15) is 27.8 Å². The first-order valence-electron chi connectivity index (χ1n) is 5.35. The first-order valence-corrected chi connectivity index (χ1v) is 7.17. The molecule has 0 spiro atoms. The molecule has 1 aliphatic rings. The van der Waals surface area contributed by atoms with Crippen molar-refractivity contribution in [1.82, 2.24) is 9.97 Å². The molecule has 2 rings (SSSR count). The van der Waals surface area contributed by atoms with Gasteiger partial charge in [-0.25, -0.2) is 24.2 Å². The molecule has 1 aliphatic heterocycles. The van der Waals surface area contributed by atoms with Crippen molar-refractivity contribution in [1.29, 1.82) is 0 Å². The number of rotatable bonds is 3. The molecule has 0 aromatic carbocycles. The summed E-state index contributed by atoms with van der Waals surface area (Å²) in [6.45, 7) is 0. The average Bonchev–Trinajstić information content (AvgIpc) is 2.32. The van der Waals surface area contributed by atoms with E-state index < -0.39 is 9.84 Å². The molecule has 7 nitrogen and oxygen atoms in total. The number of nitrogens with zero attached hydrogens (tertiary/aromatic N) is 2. The SMILES string of the molecule is NNc1cc(NC2CCS(=O)(=O)CC2)ncn1. The van der Waals surface area contributed by atoms with E-state index in [0.717, 1.165) is 0 Å². The van der Waals surface area contributed by atoms with Crippen LogP contribution in [0.2, 0.25) is 0 Å². The lowest BCUT2D eigenvalue weighted by molar-refractivity contribution is 0.559. The standard InChI is InChI=1S/C9H15N5O2S/c10-14-9-5-8(11-6-12-9)13-7-1-3-17(15,16)4-2-7/h5-7H,1-4,10H2,(H2,11,12,13,14). The summed E-state index contributed by atoms with van der Waals surface area (Å²) in [5, 5.41) is 3.18. The van der Waals surface area contributed by atoms with Crippen molar-refractivity contribution in [3.8, 4) is 0 Å². The number of aromatic nitrogens is 2. The minimum atomic E-state index is -2.83. The summed E-state index contributed by atoms with van der Waals surface area (Å²) < 4.78 is 22.5. The Kier molecular flexibility index (Phi) is 3.43. The van der Waals surface area contributed by atoms with Crippen molar-refractivity contribution in [2.75, 3.05) is 22.2 Å². The number of nitrogens with two attached hydrogens (primary N) is 1. The van der Waals surface area contributed by atoms with Crippen LogP contribution in [0.3, 0.4) is 0 Å². The Bertz CT molecular complexity index is 476. The van der Waals surface area contributed by atoms with Gasteiger partial charge in [-0.2, -0.15) is 0 Å². The first kappa shape index (κ1) is 12.1. The summed E-state index contributed by atoms with van der Waals surface area (Å²) >= 11 is 0. The Hall–Kier alpha value is -1.41. The summed E-state index contributed by atoms with van der Waals surface area (Å²) in [7, 11) is -2.83. The highest BCUT2D eigenvalue weighted by Crippen LogP contribution is 2.17. The maximum absolute atomic E-state index is 11.3. The molecule has 94 valence electrons. The van der Waals surface area contributed by atoms with Gasteiger partial charge in [-0.05, 0) is 12.8 Å². The largest absolute Gasteiger partial charge is 0.367 e. The zero-order chi connectivity index (χ0) is 12.3. The molecule has 0 atom stereocenters. The van der Waals surface area contributed by atoms with Crippen LogP contribution in [0.4, 0.5) is 11.6 Å². The molecule has 0 unspecified atom stereocenters. The van der Waals surface area contributed by atoms with E-state index in [2.05, 4.69) is 20.7 Å². The van der Waals surface area contributed by atoms with Gasteiger partial charge in [0.15, 0.2) is 0 Å². The van der Waals surface area contributed by atoms with E-state index >= 15 is 0 Å². The van der Waals surface area contributed by atoms with Crippen molar-refractivity contribution >= 4 is 21.5 Å². The number of nitrogen functional groups attached to an aromatic ring is 1. The summed E-state index contributed by atoms with van der Waals surface area (Å²) in [6, 6.07) is 1.82. The Labute approximate surface area is 99.7 Å². The van der Waals surface area contributed by atoms with Gasteiger partial charge in [0.25, 0.3) is 0 Å². The van der Waals surface area contributed by atoms with Gasteiger partial charge in [-0.3, -0.25) is 0 Å². The second-order valence-electron chi connectivity index (χ2n) is 4.00. The molecule has 0 saturated carbocycles. The molecular formula is C9H15N5O2S. The minimum absolute atomic E-state index is 0.138. The van der Waals surface area contributed by atoms with Gasteiger partial charge in [-0.1, -0.05) is 0 Å². The average molecular weight is 257 g/mol. The Morgan fingerprint density at radius 2 is 1.88 bits per heavy atom. The van der Waals surface area contributed by atoms with Gasteiger partial charge >= 0.3 is 0 Å². The van der Waals surface area contributed by atoms with E-state index in [1.165, 1.54) is 6.33 Å². The lowest BCUT2D eigenvalue weighted by atomic mass is 10.1. The minimum Gasteiger partial charge on any atom is -0.367 e. The number of hydrogen-bond acceptors (Lipinski definition) is 7. The van der Waals surface area contributed by atoms with Crippen LogP contribution in [0.25, 0.3) is 0 Å². The molecule has 1 fully saturated rings. The van der Waals surface area contributed by atoms with Crippen LogP contribution in [0.15, 0.2) is 12.4 Å². The third-order valence-corrected chi connectivity index (χ3v) is 4.44. The summed E-state index contributed by atoms with van der Waals surface area (Å²) in [5.74, 6) is 6.88. The first-order chi connectivity index (χ1) is 8.09. The van der Waals surface area contributed by atoms with Gasteiger partial charge in [-0.15, -0.1) is 0 Å². The second kappa shape index (κ2) is 4.84. The van der Waals surface area contributed by atoms with Crippen molar-refractivity contribution in [3.05, 3.63) is 12.4 Å². The maximum atomic E-state index is 11.3. The van der Waals surface area contributed by atoms with Crippen molar-refractivity contribution < 1.29 is 8.42 Å². The number of nitrogens with one attached hydrogen (secondary N) is 2. The van der Waals surface area contributed by atoms with Crippen LogP contribution in [0.1, 0.15) is 12.8 Å². The molecule has 8 heteroatoms. The van der Waals surface area contributed by atoms with Crippen molar-refractivity contribution in [3.63, 3.8) is 0 Å². The summed E-state index contributed by atoms with van der Waals surface area (Å²) in [6.07, 6.45) is 2.62. The van der Waals surface area contributed by atoms with E-state index in [4.69, 9.17) is 5.84 Å². The Morgan fingerprint density at radius 3 is 2.53 bits per heavy atom. The molecule has 4 N–H and O–H groups in total. The molecule has 1 aromatic rings. The zero-order valence-electron chi connectivity index (χ0n) is 9.26. The monoisotopic (exact) mass is 257 g/mol. The van der Waals surface area contributed by atoms with Crippen LogP contribution in [-0.2, 0) is 9.84 Å². The molecule has 0 radical (unpaired) electrons.